The summed E-state index contributed by atoms with van der Waals surface area (Å²) in [5.41, 5.74) is 1.65. The van der Waals surface area contributed by atoms with Gasteiger partial charge in [-0.3, -0.25) is 0 Å². The number of benzene rings is 1. The van der Waals surface area contributed by atoms with Crippen molar-refractivity contribution < 1.29 is 5.11 Å². The summed E-state index contributed by atoms with van der Waals surface area (Å²) in [7, 11) is 0. The summed E-state index contributed by atoms with van der Waals surface area (Å²) in [6.07, 6.45) is 1.50. The summed E-state index contributed by atoms with van der Waals surface area (Å²) in [5.74, 6) is 0. The van der Waals surface area contributed by atoms with Crippen molar-refractivity contribution >= 4 is 6.08 Å². The molecule has 0 amide bonds. The second-order valence-corrected chi connectivity index (χ2v) is 2.68. The fourth-order valence-electron chi connectivity index (χ4n) is 0.975. The Morgan fingerprint density at radius 3 is 2.21 bits per heavy atom. The molecule has 0 unspecified atom stereocenters. The molecular weight excluding hydrogens is 176 g/mol. The zero-order chi connectivity index (χ0) is 10.4. The number of hydrogen-bond acceptors (Lipinski definition) is 3. The van der Waals surface area contributed by atoms with Gasteiger partial charge in [-0.2, -0.15) is 10.5 Å². The van der Waals surface area contributed by atoms with Gasteiger partial charge in [-0.25, -0.2) is 0 Å². The minimum Gasteiger partial charge on any atom is -0.392 e. The molecule has 0 fully saturated rings. The van der Waals surface area contributed by atoms with E-state index in [0.717, 1.165) is 11.1 Å². The number of rotatable bonds is 2. The molecule has 0 heterocycles. The number of nitrogens with zero attached hydrogens (tertiary/aromatic N) is 2. The lowest BCUT2D eigenvalue weighted by molar-refractivity contribution is 0.282. The monoisotopic (exact) mass is 184 g/mol. The van der Waals surface area contributed by atoms with E-state index in [2.05, 4.69) is 0 Å². The van der Waals surface area contributed by atoms with Crippen LogP contribution < -0.4 is 0 Å². The first kappa shape index (κ1) is 9.98. The maximum absolute atomic E-state index is 8.78. The molecule has 0 saturated carbocycles. The van der Waals surface area contributed by atoms with E-state index in [1.165, 1.54) is 6.08 Å². The van der Waals surface area contributed by atoms with Gasteiger partial charge in [0.25, 0.3) is 0 Å². The molecule has 0 aliphatic carbocycles. The topological polar surface area (TPSA) is 67.8 Å². The second kappa shape index (κ2) is 4.81. The molecule has 1 aromatic rings. The fraction of sp³-hybridized carbons (Fsp3) is 0.0909. The smallest absolute Gasteiger partial charge is 0.130 e. The van der Waals surface area contributed by atoms with Crippen LogP contribution in [0.25, 0.3) is 6.08 Å². The Labute approximate surface area is 82.1 Å². The number of aliphatic hydroxyl groups excluding tert-OH is 1. The third-order valence-corrected chi connectivity index (χ3v) is 1.71. The second-order valence-electron chi connectivity index (χ2n) is 2.68. The van der Waals surface area contributed by atoms with Gasteiger partial charge in [0.2, 0.25) is 0 Å². The largest absolute Gasteiger partial charge is 0.392 e. The molecule has 0 radical (unpaired) electrons. The first-order valence-electron chi connectivity index (χ1n) is 4.02. The van der Waals surface area contributed by atoms with Crippen LogP contribution in [0, 0.1) is 22.7 Å². The third-order valence-electron chi connectivity index (χ3n) is 1.71. The molecule has 1 N–H and O–H groups in total. The average molecular weight is 184 g/mol. The number of aliphatic hydroxyl groups is 1. The van der Waals surface area contributed by atoms with Crippen molar-refractivity contribution in [3.63, 3.8) is 0 Å². The highest BCUT2D eigenvalue weighted by atomic mass is 16.3. The zero-order valence-electron chi connectivity index (χ0n) is 7.44. The van der Waals surface area contributed by atoms with Crippen molar-refractivity contribution in [2.45, 2.75) is 6.61 Å². The van der Waals surface area contributed by atoms with Crippen LogP contribution >= 0.6 is 0 Å². The van der Waals surface area contributed by atoms with E-state index < -0.39 is 0 Å². The van der Waals surface area contributed by atoms with E-state index in [9.17, 15) is 0 Å². The average Bonchev–Trinajstić information content (AvgIpc) is 2.26. The van der Waals surface area contributed by atoms with Crippen LogP contribution in [0.1, 0.15) is 11.1 Å². The molecule has 0 bridgehead atoms. The molecule has 1 aromatic carbocycles. The summed E-state index contributed by atoms with van der Waals surface area (Å²) in [4.78, 5) is 0. The van der Waals surface area contributed by atoms with Gasteiger partial charge in [-0.15, -0.1) is 0 Å². The molecule has 68 valence electrons. The Morgan fingerprint density at radius 2 is 1.79 bits per heavy atom. The highest BCUT2D eigenvalue weighted by Crippen LogP contribution is 2.08. The maximum Gasteiger partial charge on any atom is 0.130 e. The first-order chi connectivity index (χ1) is 6.80. The highest BCUT2D eigenvalue weighted by molar-refractivity contribution is 5.61. The fourth-order valence-corrected chi connectivity index (χ4v) is 0.975. The lowest BCUT2D eigenvalue weighted by atomic mass is 10.1. The standard InChI is InChI=1S/C11H8N2O/c12-6-11(7-13)5-9-1-3-10(8-14)4-2-9/h1-5,14H,8H2. The van der Waals surface area contributed by atoms with E-state index in [1.807, 2.05) is 0 Å². The summed E-state index contributed by atoms with van der Waals surface area (Å²) < 4.78 is 0. The minimum absolute atomic E-state index is 0.00660. The van der Waals surface area contributed by atoms with E-state index >= 15 is 0 Å². The van der Waals surface area contributed by atoms with Crippen LogP contribution in [0.3, 0.4) is 0 Å². The third kappa shape index (κ3) is 2.45. The van der Waals surface area contributed by atoms with Crippen molar-refractivity contribution in [1.82, 2.24) is 0 Å². The number of hydrogen-bond donors (Lipinski definition) is 1. The summed E-state index contributed by atoms with van der Waals surface area (Å²) in [6, 6.07) is 10.6. The van der Waals surface area contributed by atoms with Gasteiger partial charge in [0.1, 0.15) is 17.7 Å². The van der Waals surface area contributed by atoms with Crippen LogP contribution in [-0.4, -0.2) is 5.11 Å². The zero-order valence-corrected chi connectivity index (χ0v) is 7.44. The predicted molar refractivity (Wildman–Crippen MR) is 51.6 cm³/mol. The quantitative estimate of drug-likeness (QED) is 0.710. The predicted octanol–water partition coefficient (Wildman–Crippen LogP) is 1.61. The van der Waals surface area contributed by atoms with Crippen LogP contribution in [0.5, 0.6) is 0 Å². The van der Waals surface area contributed by atoms with Crippen molar-refractivity contribution in [2.75, 3.05) is 0 Å². The molecule has 0 spiro atoms. The normalized spacial score (nSPS) is 8.50. The van der Waals surface area contributed by atoms with Crippen LogP contribution in [0.4, 0.5) is 0 Å². The molecule has 3 heteroatoms. The van der Waals surface area contributed by atoms with E-state index in [0.29, 0.717) is 0 Å². The van der Waals surface area contributed by atoms with Gasteiger partial charge in [-0.05, 0) is 17.2 Å². The molecule has 0 aromatic heterocycles. The van der Waals surface area contributed by atoms with Gasteiger partial charge in [0.15, 0.2) is 0 Å². The van der Waals surface area contributed by atoms with Gasteiger partial charge >= 0.3 is 0 Å². The van der Waals surface area contributed by atoms with E-state index in [4.69, 9.17) is 15.6 Å². The van der Waals surface area contributed by atoms with Crippen molar-refractivity contribution in [2.24, 2.45) is 0 Å². The molecule has 14 heavy (non-hydrogen) atoms. The summed E-state index contributed by atoms with van der Waals surface area (Å²) >= 11 is 0. The molecule has 1 rings (SSSR count). The first-order valence-corrected chi connectivity index (χ1v) is 4.02. The van der Waals surface area contributed by atoms with Crippen LogP contribution in [-0.2, 0) is 6.61 Å². The van der Waals surface area contributed by atoms with Gasteiger partial charge in [-0.1, -0.05) is 24.3 Å². The Hall–Kier alpha value is -2.10. The molecule has 0 atom stereocenters. The van der Waals surface area contributed by atoms with Gasteiger partial charge in [0.05, 0.1) is 6.61 Å². The Bertz CT molecular complexity index is 402. The van der Waals surface area contributed by atoms with Crippen molar-refractivity contribution in [1.29, 1.82) is 10.5 Å². The summed E-state index contributed by atoms with van der Waals surface area (Å²) in [5, 5.41) is 25.8. The Balaban J connectivity index is 2.95. The SMILES string of the molecule is N#CC(C#N)=Cc1ccc(CO)cc1. The van der Waals surface area contributed by atoms with Gasteiger partial charge < -0.3 is 5.11 Å². The number of allylic oxidation sites excluding steroid dienone is 1. The Kier molecular flexibility index (Phi) is 3.43. The Morgan fingerprint density at radius 1 is 1.21 bits per heavy atom. The van der Waals surface area contributed by atoms with E-state index in [-0.39, 0.29) is 12.2 Å². The molecule has 3 nitrogen and oxygen atoms in total. The van der Waals surface area contributed by atoms with Gasteiger partial charge in [0, 0.05) is 0 Å². The maximum atomic E-state index is 8.78. The van der Waals surface area contributed by atoms with Crippen molar-refractivity contribution in [3.05, 3.63) is 41.0 Å². The summed E-state index contributed by atoms with van der Waals surface area (Å²) in [6.45, 7) is -0.00660. The molecule has 0 saturated heterocycles. The lowest BCUT2D eigenvalue weighted by Crippen LogP contribution is -1.82. The lowest BCUT2D eigenvalue weighted by Gasteiger charge is -1.96. The minimum atomic E-state index is -0.00660. The number of nitriles is 2. The molecule has 0 aliphatic heterocycles. The molecule has 0 aliphatic rings. The van der Waals surface area contributed by atoms with Crippen LogP contribution in [0.15, 0.2) is 29.8 Å². The van der Waals surface area contributed by atoms with Crippen LogP contribution in [0.2, 0.25) is 0 Å². The molecular formula is C11H8N2O. The highest BCUT2D eigenvalue weighted by Gasteiger charge is 1.94. The van der Waals surface area contributed by atoms with E-state index in [1.54, 1.807) is 36.4 Å². The van der Waals surface area contributed by atoms with Crippen molar-refractivity contribution in [3.8, 4) is 12.1 Å².